The summed E-state index contributed by atoms with van der Waals surface area (Å²) in [7, 11) is 0. The summed E-state index contributed by atoms with van der Waals surface area (Å²) in [4.78, 5) is 22.0. The highest BCUT2D eigenvalue weighted by Crippen LogP contribution is 2.45. The number of carbonyl (C=O) groups is 2. The van der Waals surface area contributed by atoms with E-state index >= 15 is 0 Å². The summed E-state index contributed by atoms with van der Waals surface area (Å²) in [6.07, 6.45) is 0.300. The number of carboxylic acids is 2. The maximum atomic E-state index is 11.0. The monoisotopic (exact) mass is 232 g/mol. The predicted octanol–water partition coefficient (Wildman–Crippen LogP) is -0.313. The van der Waals surface area contributed by atoms with Crippen LogP contribution in [-0.4, -0.2) is 45.6 Å². The summed E-state index contributed by atoms with van der Waals surface area (Å²) in [5, 5.41) is 36.2. The molecule has 0 spiro atoms. The van der Waals surface area contributed by atoms with E-state index in [4.69, 9.17) is 20.4 Å². The SMILES string of the molecule is O=C(O)C1(CO)CCC(CO)(C(=O)O)CC1. The molecule has 6 nitrogen and oxygen atoms in total. The third-order valence-corrected chi connectivity index (χ3v) is 3.68. The minimum absolute atomic E-state index is 0.0751. The van der Waals surface area contributed by atoms with Gasteiger partial charge in [0.15, 0.2) is 0 Å². The van der Waals surface area contributed by atoms with Gasteiger partial charge in [0, 0.05) is 0 Å². The van der Waals surface area contributed by atoms with Crippen molar-refractivity contribution in [1.82, 2.24) is 0 Å². The second-order valence-corrected chi connectivity index (χ2v) is 4.49. The zero-order valence-corrected chi connectivity index (χ0v) is 8.85. The van der Waals surface area contributed by atoms with Gasteiger partial charge < -0.3 is 20.4 Å². The molecule has 0 unspecified atom stereocenters. The molecule has 1 aliphatic rings. The summed E-state index contributed by atoms with van der Waals surface area (Å²) >= 11 is 0. The van der Waals surface area contributed by atoms with Crippen molar-refractivity contribution in [1.29, 1.82) is 0 Å². The summed E-state index contributed by atoms with van der Waals surface area (Å²) in [6, 6.07) is 0. The zero-order valence-electron chi connectivity index (χ0n) is 8.85. The van der Waals surface area contributed by atoms with Crippen LogP contribution in [0, 0.1) is 10.8 Å². The van der Waals surface area contributed by atoms with Gasteiger partial charge in [0.2, 0.25) is 0 Å². The normalized spacial score (nSPS) is 34.6. The Morgan fingerprint density at radius 3 is 1.19 bits per heavy atom. The molecule has 0 radical (unpaired) electrons. The lowest BCUT2D eigenvalue weighted by atomic mass is 9.64. The number of hydrogen-bond acceptors (Lipinski definition) is 4. The highest BCUT2D eigenvalue weighted by molar-refractivity contribution is 5.78. The van der Waals surface area contributed by atoms with Gasteiger partial charge in [-0.15, -0.1) is 0 Å². The first-order chi connectivity index (χ1) is 7.42. The fourth-order valence-electron chi connectivity index (χ4n) is 2.09. The van der Waals surface area contributed by atoms with Crippen LogP contribution in [0.2, 0.25) is 0 Å². The average Bonchev–Trinajstić information content (AvgIpc) is 2.28. The Balaban J connectivity index is 2.83. The summed E-state index contributed by atoms with van der Waals surface area (Å²) in [5.41, 5.74) is -2.48. The van der Waals surface area contributed by atoms with E-state index in [0.29, 0.717) is 0 Å². The maximum Gasteiger partial charge on any atom is 0.311 e. The molecule has 0 aromatic carbocycles. The minimum atomic E-state index is -1.24. The molecule has 1 aliphatic carbocycles. The Hall–Kier alpha value is -1.14. The fourth-order valence-corrected chi connectivity index (χ4v) is 2.09. The number of aliphatic hydroxyl groups excluding tert-OH is 2. The molecule has 1 saturated carbocycles. The first-order valence-corrected chi connectivity index (χ1v) is 5.11. The van der Waals surface area contributed by atoms with Crippen molar-refractivity contribution < 1.29 is 30.0 Å². The fraction of sp³-hybridized carbons (Fsp3) is 0.800. The number of hydrogen-bond donors (Lipinski definition) is 4. The Kier molecular flexibility index (Phi) is 3.54. The third-order valence-electron chi connectivity index (χ3n) is 3.68. The lowest BCUT2D eigenvalue weighted by molar-refractivity contribution is -0.166. The Morgan fingerprint density at radius 2 is 1.06 bits per heavy atom. The van der Waals surface area contributed by atoms with E-state index in [2.05, 4.69) is 0 Å². The molecule has 0 bridgehead atoms. The highest BCUT2D eigenvalue weighted by Gasteiger charge is 2.50. The van der Waals surface area contributed by atoms with Gasteiger partial charge in [-0.2, -0.15) is 0 Å². The molecule has 0 saturated heterocycles. The largest absolute Gasteiger partial charge is 0.481 e. The molecule has 0 aromatic heterocycles. The zero-order chi connectivity index (χ0) is 12.4. The van der Waals surface area contributed by atoms with Crippen molar-refractivity contribution in [3.05, 3.63) is 0 Å². The van der Waals surface area contributed by atoms with Gasteiger partial charge in [0.1, 0.15) is 0 Å². The number of aliphatic carboxylic acids is 2. The summed E-state index contributed by atoms with van der Waals surface area (Å²) < 4.78 is 0. The standard InChI is InChI=1S/C10H16O6/c11-5-9(7(13)14)1-2-10(6-12,4-3-9)8(15)16/h11-12H,1-6H2,(H,13,14)(H,15,16). The van der Waals surface area contributed by atoms with E-state index < -0.39 is 36.0 Å². The van der Waals surface area contributed by atoms with Gasteiger partial charge >= 0.3 is 11.9 Å². The Morgan fingerprint density at radius 1 is 0.812 bits per heavy atom. The summed E-state index contributed by atoms with van der Waals surface area (Å²) in [6.45, 7) is -0.993. The molecule has 6 heteroatoms. The van der Waals surface area contributed by atoms with Gasteiger partial charge in [0.05, 0.1) is 24.0 Å². The van der Waals surface area contributed by atoms with E-state index in [0.717, 1.165) is 0 Å². The predicted molar refractivity (Wildman–Crippen MR) is 52.8 cm³/mol. The van der Waals surface area contributed by atoms with E-state index in [1.165, 1.54) is 0 Å². The molecule has 0 amide bonds. The first-order valence-electron chi connectivity index (χ1n) is 5.11. The van der Waals surface area contributed by atoms with E-state index in [-0.39, 0.29) is 25.7 Å². The number of rotatable bonds is 4. The van der Waals surface area contributed by atoms with E-state index in [1.54, 1.807) is 0 Å². The van der Waals surface area contributed by atoms with Gasteiger partial charge in [-0.3, -0.25) is 9.59 Å². The van der Waals surface area contributed by atoms with Crippen LogP contribution in [0.25, 0.3) is 0 Å². The molecule has 16 heavy (non-hydrogen) atoms. The first kappa shape index (κ1) is 12.9. The van der Waals surface area contributed by atoms with Crippen LogP contribution in [0.5, 0.6) is 0 Å². The topological polar surface area (TPSA) is 115 Å². The molecule has 1 rings (SSSR count). The van der Waals surface area contributed by atoms with Crippen molar-refractivity contribution in [2.45, 2.75) is 25.7 Å². The van der Waals surface area contributed by atoms with Crippen molar-refractivity contribution in [3.8, 4) is 0 Å². The molecule has 0 heterocycles. The summed E-state index contributed by atoms with van der Waals surface area (Å²) in [5.74, 6) is -2.21. The minimum Gasteiger partial charge on any atom is -0.481 e. The van der Waals surface area contributed by atoms with E-state index in [1.807, 2.05) is 0 Å². The van der Waals surface area contributed by atoms with Crippen molar-refractivity contribution in [2.75, 3.05) is 13.2 Å². The average molecular weight is 232 g/mol. The van der Waals surface area contributed by atoms with Crippen LogP contribution in [0.4, 0.5) is 0 Å². The molecule has 4 N–H and O–H groups in total. The second kappa shape index (κ2) is 4.39. The van der Waals surface area contributed by atoms with Crippen LogP contribution in [0.15, 0.2) is 0 Å². The second-order valence-electron chi connectivity index (χ2n) is 4.49. The van der Waals surface area contributed by atoms with Crippen LogP contribution in [-0.2, 0) is 9.59 Å². The van der Waals surface area contributed by atoms with Gasteiger partial charge in [-0.25, -0.2) is 0 Å². The Bertz CT molecular complexity index is 260. The van der Waals surface area contributed by atoms with Crippen molar-refractivity contribution >= 4 is 11.9 Å². The van der Waals surface area contributed by atoms with Gasteiger partial charge in [-0.1, -0.05) is 0 Å². The highest BCUT2D eigenvalue weighted by atomic mass is 16.4. The lowest BCUT2D eigenvalue weighted by Gasteiger charge is -2.40. The van der Waals surface area contributed by atoms with Gasteiger partial charge in [-0.05, 0) is 25.7 Å². The van der Waals surface area contributed by atoms with E-state index in [9.17, 15) is 9.59 Å². The van der Waals surface area contributed by atoms with Crippen LogP contribution < -0.4 is 0 Å². The number of aliphatic hydroxyl groups is 2. The van der Waals surface area contributed by atoms with Crippen LogP contribution in [0.3, 0.4) is 0 Å². The lowest BCUT2D eigenvalue weighted by Crippen LogP contribution is -2.46. The van der Waals surface area contributed by atoms with Gasteiger partial charge in [0.25, 0.3) is 0 Å². The smallest absolute Gasteiger partial charge is 0.311 e. The quantitative estimate of drug-likeness (QED) is 0.528. The molecule has 92 valence electrons. The third kappa shape index (κ3) is 1.90. The van der Waals surface area contributed by atoms with Crippen LogP contribution in [0.1, 0.15) is 25.7 Å². The molecule has 1 fully saturated rings. The van der Waals surface area contributed by atoms with Crippen LogP contribution >= 0.6 is 0 Å². The molecule has 0 aliphatic heterocycles. The van der Waals surface area contributed by atoms with Crippen molar-refractivity contribution in [2.24, 2.45) is 10.8 Å². The maximum absolute atomic E-state index is 11.0. The molecular weight excluding hydrogens is 216 g/mol. The molecular formula is C10H16O6. The number of carboxylic acid groups (broad SMARTS) is 2. The molecule has 0 atom stereocenters. The Labute approximate surface area is 92.5 Å². The molecule has 0 aromatic rings. The van der Waals surface area contributed by atoms with Crippen molar-refractivity contribution in [3.63, 3.8) is 0 Å².